The predicted octanol–water partition coefficient (Wildman–Crippen LogP) is 3.14. The Balaban J connectivity index is 2.03. The zero-order valence-corrected chi connectivity index (χ0v) is 12.5. The van der Waals surface area contributed by atoms with Crippen molar-refractivity contribution >= 4 is 23.4 Å². The van der Waals surface area contributed by atoms with Gasteiger partial charge >= 0.3 is 5.69 Å². The summed E-state index contributed by atoms with van der Waals surface area (Å²) in [6.45, 7) is 0.533. The lowest BCUT2D eigenvalue weighted by atomic mass is 10.1. The first kappa shape index (κ1) is 15.8. The van der Waals surface area contributed by atoms with E-state index in [1.165, 1.54) is 6.07 Å². The van der Waals surface area contributed by atoms with Crippen LogP contribution < -0.4 is 5.32 Å². The standard InChI is InChI=1S/C14H17FN2O3S/c1-21-14(6-2-3-7-14)9-16-13(18)10-4-5-12(17(19)20)11(15)8-10/h4-5,8H,2-3,6-7,9H2,1H3,(H,16,18). The summed E-state index contributed by atoms with van der Waals surface area (Å²) in [6, 6.07) is 3.20. The number of nitro benzene ring substituents is 1. The van der Waals surface area contributed by atoms with Gasteiger partial charge in [-0.05, 0) is 31.2 Å². The van der Waals surface area contributed by atoms with Gasteiger partial charge in [-0.15, -0.1) is 0 Å². The van der Waals surface area contributed by atoms with Crippen LogP contribution in [0.25, 0.3) is 0 Å². The monoisotopic (exact) mass is 312 g/mol. The summed E-state index contributed by atoms with van der Waals surface area (Å²) in [6.07, 6.45) is 6.46. The molecule has 1 aromatic carbocycles. The lowest BCUT2D eigenvalue weighted by Crippen LogP contribution is -2.38. The number of nitro groups is 1. The Morgan fingerprint density at radius 1 is 1.48 bits per heavy atom. The number of halogens is 1. The van der Waals surface area contributed by atoms with Crippen LogP contribution >= 0.6 is 11.8 Å². The number of hydrogen-bond donors (Lipinski definition) is 1. The molecular weight excluding hydrogens is 295 g/mol. The first-order valence-corrected chi connectivity index (χ1v) is 7.97. The largest absolute Gasteiger partial charge is 0.351 e. The minimum absolute atomic E-state index is 0.0645. The van der Waals surface area contributed by atoms with Crippen LogP contribution in [-0.4, -0.2) is 28.4 Å². The fourth-order valence-electron chi connectivity index (χ4n) is 2.61. The van der Waals surface area contributed by atoms with E-state index in [-0.39, 0.29) is 10.3 Å². The molecule has 1 fully saturated rings. The molecule has 0 spiro atoms. The number of nitrogens with one attached hydrogen (secondary N) is 1. The van der Waals surface area contributed by atoms with E-state index in [2.05, 4.69) is 5.32 Å². The number of thioether (sulfide) groups is 1. The van der Waals surface area contributed by atoms with Crippen LogP contribution in [0.3, 0.4) is 0 Å². The van der Waals surface area contributed by atoms with Crippen molar-refractivity contribution in [2.45, 2.75) is 30.4 Å². The van der Waals surface area contributed by atoms with Crippen LogP contribution in [0.2, 0.25) is 0 Å². The summed E-state index contributed by atoms with van der Waals surface area (Å²) in [5.41, 5.74) is -0.518. The van der Waals surface area contributed by atoms with Crippen molar-refractivity contribution in [3.63, 3.8) is 0 Å². The van der Waals surface area contributed by atoms with Crippen molar-refractivity contribution in [1.82, 2.24) is 5.32 Å². The van der Waals surface area contributed by atoms with Gasteiger partial charge in [-0.25, -0.2) is 0 Å². The maximum absolute atomic E-state index is 13.5. The number of benzene rings is 1. The van der Waals surface area contributed by atoms with Crippen molar-refractivity contribution in [1.29, 1.82) is 0 Å². The van der Waals surface area contributed by atoms with E-state index in [0.29, 0.717) is 6.54 Å². The van der Waals surface area contributed by atoms with Crippen LogP contribution in [-0.2, 0) is 0 Å². The molecule has 1 aliphatic carbocycles. The van der Waals surface area contributed by atoms with Crippen molar-refractivity contribution in [2.75, 3.05) is 12.8 Å². The molecule has 114 valence electrons. The number of amides is 1. The minimum atomic E-state index is -0.993. The molecule has 0 bridgehead atoms. The topological polar surface area (TPSA) is 72.2 Å². The van der Waals surface area contributed by atoms with Gasteiger partial charge in [-0.2, -0.15) is 16.2 Å². The third-order valence-corrected chi connectivity index (χ3v) is 5.34. The summed E-state index contributed by atoms with van der Waals surface area (Å²) in [5, 5.41) is 13.4. The van der Waals surface area contributed by atoms with Crippen LogP contribution in [0.15, 0.2) is 18.2 Å². The highest BCUT2D eigenvalue weighted by Gasteiger charge is 2.33. The molecule has 5 nitrogen and oxygen atoms in total. The molecule has 0 radical (unpaired) electrons. The molecule has 0 saturated heterocycles. The van der Waals surface area contributed by atoms with Gasteiger partial charge in [0.1, 0.15) is 0 Å². The Kier molecular flexibility index (Phi) is 4.82. The van der Waals surface area contributed by atoms with Crippen molar-refractivity contribution < 1.29 is 14.1 Å². The first-order chi connectivity index (χ1) is 9.97. The highest BCUT2D eigenvalue weighted by atomic mass is 32.2. The second-order valence-corrected chi connectivity index (χ2v) is 6.47. The van der Waals surface area contributed by atoms with Gasteiger partial charge in [-0.3, -0.25) is 14.9 Å². The van der Waals surface area contributed by atoms with Gasteiger partial charge in [0, 0.05) is 22.9 Å². The molecule has 1 aliphatic rings. The number of carbonyl (C=O) groups is 1. The zero-order valence-electron chi connectivity index (χ0n) is 11.7. The Morgan fingerprint density at radius 2 is 2.14 bits per heavy atom. The molecule has 1 amide bonds. The normalized spacial score (nSPS) is 16.7. The second-order valence-electron chi connectivity index (χ2n) is 5.20. The summed E-state index contributed by atoms with van der Waals surface area (Å²) < 4.78 is 13.6. The van der Waals surface area contributed by atoms with E-state index in [1.807, 2.05) is 6.26 Å². The average molecular weight is 312 g/mol. The number of hydrogen-bond acceptors (Lipinski definition) is 4. The molecule has 2 rings (SSSR count). The Labute approximate surface area is 126 Å². The van der Waals surface area contributed by atoms with Gasteiger partial charge in [-0.1, -0.05) is 12.8 Å². The van der Waals surface area contributed by atoms with Crippen LogP contribution in [0.4, 0.5) is 10.1 Å². The summed E-state index contributed by atoms with van der Waals surface area (Å²) in [7, 11) is 0. The fourth-order valence-corrected chi connectivity index (χ4v) is 3.53. The minimum Gasteiger partial charge on any atom is -0.351 e. The SMILES string of the molecule is CSC1(CNC(=O)c2ccc([N+](=O)[O-])c(F)c2)CCCC1. The van der Waals surface area contributed by atoms with Crippen molar-refractivity contribution in [2.24, 2.45) is 0 Å². The van der Waals surface area contributed by atoms with E-state index < -0.39 is 22.3 Å². The average Bonchev–Trinajstić information content (AvgIpc) is 2.93. The molecule has 1 N–H and O–H groups in total. The van der Waals surface area contributed by atoms with Crippen molar-refractivity contribution in [3.8, 4) is 0 Å². The van der Waals surface area contributed by atoms with Crippen LogP contribution in [0, 0.1) is 15.9 Å². The van der Waals surface area contributed by atoms with E-state index in [1.54, 1.807) is 11.8 Å². The maximum Gasteiger partial charge on any atom is 0.304 e. The number of rotatable bonds is 5. The Bertz CT molecular complexity index is 559. The third-order valence-electron chi connectivity index (χ3n) is 3.93. The van der Waals surface area contributed by atoms with Crippen LogP contribution in [0.1, 0.15) is 36.0 Å². The molecule has 0 unspecified atom stereocenters. The van der Waals surface area contributed by atoms with E-state index in [0.717, 1.165) is 37.8 Å². The molecule has 1 saturated carbocycles. The lowest BCUT2D eigenvalue weighted by molar-refractivity contribution is -0.387. The maximum atomic E-state index is 13.5. The zero-order chi connectivity index (χ0) is 15.5. The van der Waals surface area contributed by atoms with Gasteiger partial charge in [0.2, 0.25) is 5.82 Å². The van der Waals surface area contributed by atoms with Crippen molar-refractivity contribution in [3.05, 3.63) is 39.7 Å². The molecule has 0 aromatic heterocycles. The molecule has 0 heterocycles. The first-order valence-electron chi connectivity index (χ1n) is 6.75. The highest BCUT2D eigenvalue weighted by Crippen LogP contribution is 2.39. The fraction of sp³-hybridized carbons (Fsp3) is 0.500. The number of nitrogens with zero attached hydrogens (tertiary/aromatic N) is 1. The second kappa shape index (κ2) is 6.43. The Morgan fingerprint density at radius 3 is 2.67 bits per heavy atom. The van der Waals surface area contributed by atoms with Gasteiger partial charge in [0.25, 0.3) is 5.91 Å². The Hall–Kier alpha value is -1.63. The van der Waals surface area contributed by atoms with Gasteiger partial charge in [0.15, 0.2) is 0 Å². The summed E-state index contributed by atoms with van der Waals surface area (Å²) >= 11 is 1.75. The van der Waals surface area contributed by atoms with Gasteiger partial charge < -0.3 is 5.32 Å². The van der Waals surface area contributed by atoms with E-state index >= 15 is 0 Å². The quantitative estimate of drug-likeness (QED) is 0.669. The lowest BCUT2D eigenvalue weighted by Gasteiger charge is -2.26. The summed E-state index contributed by atoms with van der Waals surface area (Å²) in [5.74, 6) is -1.39. The van der Waals surface area contributed by atoms with Crippen LogP contribution in [0.5, 0.6) is 0 Å². The molecule has 0 aliphatic heterocycles. The molecular formula is C14H17FN2O3S. The number of carbonyl (C=O) groups excluding carboxylic acids is 1. The van der Waals surface area contributed by atoms with Gasteiger partial charge in [0.05, 0.1) is 4.92 Å². The van der Waals surface area contributed by atoms with E-state index in [4.69, 9.17) is 0 Å². The molecule has 21 heavy (non-hydrogen) atoms. The highest BCUT2D eigenvalue weighted by molar-refractivity contribution is 8.00. The molecule has 0 atom stereocenters. The molecule has 1 aromatic rings. The third kappa shape index (κ3) is 3.53. The smallest absolute Gasteiger partial charge is 0.304 e. The van der Waals surface area contributed by atoms with E-state index in [9.17, 15) is 19.3 Å². The molecule has 7 heteroatoms. The summed E-state index contributed by atoms with van der Waals surface area (Å²) in [4.78, 5) is 21.8. The predicted molar refractivity (Wildman–Crippen MR) is 80.1 cm³/mol.